The normalized spacial score (nSPS) is 10.2. The number of rotatable bonds is 2. The van der Waals surface area contributed by atoms with Crippen molar-refractivity contribution in [3.8, 4) is 0 Å². The number of nitrogens with zero attached hydrogens (tertiary/aromatic N) is 1. The summed E-state index contributed by atoms with van der Waals surface area (Å²) in [5, 5.41) is 2.72. The Morgan fingerprint density at radius 2 is 2.17 bits per heavy atom. The van der Waals surface area contributed by atoms with E-state index in [1.165, 1.54) is 18.2 Å². The SMILES string of the molecule is Cc1ccncc1NC(=O)c1ccc(F)c(S)c1. The van der Waals surface area contributed by atoms with Crippen molar-refractivity contribution >= 4 is 24.2 Å². The molecule has 0 aliphatic heterocycles. The van der Waals surface area contributed by atoms with Gasteiger partial charge in [-0.2, -0.15) is 0 Å². The Balaban J connectivity index is 2.22. The van der Waals surface area contributed by atoms with Gasteiger partial charge >= 0.3 is 0 Å². The first-order chi connectivity index (χ1) is 8.58. The molecule has 0 unspecified atom stereocenters. The van der Waals surface area contributed by atoms with E-state index in [-0.39, 0.29) is 10.8 Å². The van der Waals surface area contributed by atoms with Gasteiger partial charge < -0.3 is 5.32 Å². The molecule has 0 atom stereocenters. The van der Waals surface area contributed by atoms with Crippen molar-refractivity contribution in [3.63, 3.8) is 0 Å². The largest absolute Gasteiger partial charge is 0.320 e. The molecule has 2 rings (SSSR count). The standard InChI is InChI=1S/C13H11FN2OS/c1-8-4-5-15-7-11(8)16-13(17)9-2-3-10(14)12(18)6-9/h2-7,18H,1H3,(H,16,17). The van der Waals surface area contributed by atoms with Crippen molar-refractivity contribution in [1.82, 2.24) is 4.98 Å². The third-order valence-corrected chi connectivity index (χ3v) is 2.84. The highest BCUT2D eigenvalue weighted by Gasteiger charge is 2.09. The van der Waals surface area contributed by atoms with Crippen LogP contribution < -0.4 is 5.32 Å². The van der Waals surface area contributed by atoms with Gasteiger partial charge in [-0.05, 0) is 36.8 Å². The third kappa shape index (κ3) is 2.68. The highest BCUT2D eigenvalue weighted by atomic mass is 32.1. The number of pyridine rings is 1. The fourth-order valence-electron chi connectivity index (χ4n) is 1.44. The van der Waals surface area contributed by atoms with Crippen LogP contribution >= 0.6 is 12.6 Å². The number of nitrogens with one attached hydrogen (secondary N) is 1. The van der Waals surface area contributed by atoms with Crippen molar-refractivity contribution in [1.29, 1.82) is 0 Å². The van der Waals surface area contributed by atoms with Crippen molar-refractivity contribution in [3.05, 3.63) is 53.6 Å². The summed E-state index contributed by atoms with van der Waals surface area (Å²) in [4.78, 5) is 16.0. The van der Waals surface area contributed by atoms with Gasteiger partial charge in [0.2, 0.25) is 0 Å². The molecule has 1 N–H and O–H groups in total. The van der Waals surface area contributed by atoms with Crippen molar-refractivity contribution in [2.75, 3.05) is 5.32 Å². The third-order valence-electron chi connectivity index (χ3n) is 2.50. The number of thiol groups is 1. The topological polar surface area (TPSA) is 42.0 Å². The number of carbonyl (C=O) groups is 1. The number of carbonyl (C=O) groups excluding carboxylic acids is 1. The molecule has 0 spiro atoms. The average molecular weight is 262 g/mol. The zero-order valence-electron chi connectivity index (χ0n) is 9.64. The molecule has 2 aromatic rings. The summed E-state index contributed by atoms with van der Waals surface area (Å²) in [6.07, 6.45) is 3.22. The van der Waals surface area contributed by atoms with E-state index in [1.807, 2.05) is 6.92 Å². The van der Waals surface area contributed by atoms with Gasteiger partial charge in [0.1, 0.15) is 5.82 Å². The molecule has 3 nitrogen and oxygen atoms in total. The fraction of sp³-hybridized carbons (Fsp3) is 0.0769. The second-order valence-corrected chi connectivity index (χ2v) is 4.29. The van der Waals surface area contributed by atoms with Crippen LogP contribution in [0.4, 0.5) is 10.1 Å². The molecule has 5 heteroatoms. The monoisotopic (exact) mass is 262 g/mol. The Hall–Kier alpha value is -1.88. The van der Waals surface area contributed by atoms with E-state index in [0.717, 1.165) is 5.56 Å². The maximum atomic E-state index is 13.0. The van der Waals surface area contributed by atoms with E-state index in [4.69, 9.17) is 0 Å². The van der Waals surface area contributed by atoms with Crippen LogP contribution in [0.1, 0.15) is 15.9 Å². The highest BCUT2D eigenvalue weighted by molar-refractivity contribution is 7.80. The Labute approximate surface area is 109 Å². The number of hydrogen-bond acceptors (Lipinski definition) is 3. The van der Waals surface area contributed by atoms with E-state index in [2.05, 4.69) is 22.9 Å². The summed E-state index contributed by atoms with van der Waals surface area (Å²) in [6, 6.07) is 5.81. The molecule has 0 saturated carbocycles. The molecule has 0 saturated heterocycles. The molecule has 0 aliphatic rings. The van der Waals surface area contributed by atoms with Gasteiger partial charge in [-0.1, -0.05) is 0 Å². The second kappa shape index (κ2) is 5.18. The quantitative estimate of drug-likeness (QED) is 0.817. The number of amides is 1. The molecule has 1 aromatic heterocycles. The summed E-state index contributed by atoms with van der Waals surface area (Å²) in [7, 11) is 0. The van der Waals surface area contributed by atoms with E-state index in [9.17, 15) is 9.18 Å². The van der Waals surface area contributed by atoms with Gasteiger partial charge in [0.15, 0.2) is 0 Å². The van der Waals surface area contributed by atoms with Crippen molar-refractivity contribution < 1.29 is 9.18 Å². The van der Waals surface area contributed by atoms with Crippen LogP contribution in [0, 0.1) is 12.7 Å². The van der Waals surface area contributed by atoms with Gasteiger partial charge in [0.25, 0.3) is 5.91 Å². The molecular weight excluding hydrogens is 251 g/mol. The van der Waals surface area contributed by atoms with Crippen LogP contribution in [0.2, 0.25) is 0 Å². The number of benzene rings is 1. The minimum atomic E-state index is -0.451. The molecule has 0 bridgehead atoms. The first-order valence-corrected chi connectivity index (χ1v) is 5.73. The van der Waals surface area contributed by atoms with E-state index in [1.54, 1.807) is 18.5 Å². The molecular formula is C13H11FN2OS. The molecule has 18 heavy (non-hydrogen) atoms. The molecule has 92 valence electrons. The number of anilines is 1. The number of hydrogen-bond donors (Lipinski definition) is 2. The number of aromatic nitrogens is 1. The van der Waals surface area contributed by atoms with E-state index >= 15 is 0 Å². The van der Waals surface area contributed by atoms with Gasteiger partial charge in [0, 0.05) is 16.7 Å². The van der Waals surface area contributed by atoms with Crippen LogP contribution in [0.5, 0.6) is 0 Å². The van der Waals surface area contributed by atoms with Crippen LogP contribution in [0.3, 0.4) is 0 Å². The number of halogens is 1. The van der Waals surface area contributed by atoms with Gasteiger partial charge in [-0.25, -0.2) is 4.39 Å². The Kier molecular flexibility index (Phi) is 3.62. The zero-order chi connectivity index (χ0) is 13.1. The first kappa shape index (κ1) is 12.6. The lowest BCUT2D eigenvalue weighted by molar-refractivity contribution is 0.102. The Morgan fingerprint density at radius 1 is 1.39 bits per heavy atom. The molecule has 1 heterocycles. The van der Waals surface area contributed by atoms with E-state index < -0.39 is 5.82 Å². The summed E-state index contributed by atoms with van der Waals surface area (Å²) >= 11 is 3.94. The number of aryl methyl sites for hydroxylation is 1. The summed E-state index contributed by atoms with van der Waals surface area (Å²) in [5.41, 5.74) is 1.89. The predicted molar refractivity (Wildman–Crippen MR) is 70.6 cm³/mol. The smallest absolute Gasteiger partial charge is 0.255 e. The van der Waals surface area contributed by atoms with Crippen molar-refractivity contribution in [2.24, 2.45) is 0 Å². The molecule has 0 radical (unpaired) electrons. The fourth-order valence-corrected chi connectivity index (χ4v) is 1.66. The maximum absolute atomic E-state index is 13.0. The predicted octanol–water partition coefficient (Wildman–Crippen LogP) is 3.07. The summed E-state index contributed by atoms with van der Waals surface area (Å²) in [6.45, 7) is 1.87. The van der Waals surface area contributed by atoms with Crippen LogP contribution in [0.15, 0.2) is 41.6 Å². The second-order valence-electron chi connectivity index (χ2n) is 3.81. The summed E-state index contributed by atoms with van der Waals surface area (Å²) in [5.74, 6) is -0.770. The first-order valence-electron chi connectivity index (χ1n) is 5.28. The van der Waals surface area contributed by atoms with Crippen LogP contribution in [0.25, 0.3) is 0 Å². The zero-order valence-corrected chi connectivity index (χ0v) is 10.5. The highest BCUT2D eigenvalue weighted by Crippen LogP contribution is 2.17. The van der Waals surface area contributed by atoms with Crippen LogP contribution in [-0.2, 0) is 0 Å². The minimum absolute atomic E-state index is 0.144. The molecule has 1 amide bonds. The Morgan fingerprint density at radius 3 is 2.83 bits per heavy atom. The minimum Gasteiger partial charge on any atom is -0.320 e. The van der Waals surface area contributed by atoms with E-state index in [0.29, 0.717) is 11.3 Å². The Bertz CT molecular complexity index is 601. The lowest BCUT2D eigenvalue weighted by atomic mass is 10.2. The maximum Gasteiger partial charge on any atom is 0.255 e. The van der Waals surface area contributed by atoms with Gasteiger partial charge in [-0.15, -0.1) is 12.6 Å². The van der Waals surface area contributed by atoms with Gasteiger partial charge in [0.05, 0.1) is 11.9 Å². The van der Waals surface area contributed by atoms with Crippen LogP contribution in [-0.4, -0.2) is 10.9 Å². The average Bonchev–Trinajstić information content (AvgIpc) is 2.35. The molecule has 1 aromatic carbocycles. The lowest BCUT2D eigenvalue weighted by Gasteiger charge is -2.08. The lowest BCUT2D eigenvalue weighted by Crippen LogP contribution is -2.13. The molecule has 0 fully saturated rings. The molecule has 0 aliphatic carbocycles. The van der Waals surface area contributed by atoms with Gasteiger partial charge in [-0.3, -0.25) is 9.78 Å². The summed E-state index contributed by atoms with van der Waals surface area (Å²) < 4.78 is 13.0. The van der Waals surface area contributed by atoms with Crippen molar-refractivity contribution in [2.45, 2.75) is 11.8 Å².